The monoisotopic (exact) mass is 255 g/mol. The standard InChI is InChI=1S/C14H25NO3/c1-14(13(16)17-2,15-12-5-6-12)8-10-18-9-7-11-3-4-11/h11-12,15H,3-10H2,1-2H3. The van der Waals surface area contributed by atoms with Crippen LogP contribution in [0.15, 0.2) is 0 Å². The first kappa shape index (κ1) is 13.8. The Morgan fingerprint density at radius 2 is 2.00 bits per heavy atom. The van der Waals surface area contributed by atoms with E-state index in [0.717, 1.165) is 25.4 Å². The fraction of sp³-hybridized carbons (Fsp3) is 0.929. The van der Waals surface area contributed by atoms with Crippen molar-refractivity contribution in [3.05, 3.63) is 0 Å². The third kappa shape index (κ3) is 4.25. The zero-order valence-corrected chi connectivity index (χ0v) is 11.5. The summed E-state index contributed by atoms with van der Waals surface area (Å²) in [6.07, 6.45) is 6.91. The van der Waals surface area contributed by atoms with Crippen LogP contribution in [0.5, 0.6) is 0 Å². The Bertz CT molecular complexity index is 287. The van der Waals surface area contributed by atoms with E-state index in [1.54, 1.807) is 0 Å². The first-order chi connectivity index (χ1) is 8.64. The van der Waals surface area contributed by atoms with Crippen LogP contribution >= 0.6 is 0 Å². The molecule has 0 amide bonds. The Balaban J connectivity index is 1.67. The van der Waals surface area contributed by atoms with Gasteiger partial charge in [0.2, 0.25) is 0 Å². The molecule has 1 unspecified atom stereocenters. The Labute approximate surface area is 109 Å². The number of methoxy groups -OCH3 is 1. The summed E-state index contributed by atoms with van der Waals surface area (Å²) in [6, 6.07) is 0.487. The van der Waals surface area contributed by atoms with Gasteiger partial charge in [-0.2, -0.15) is 0 Å². The molecular formula is C14H25NO3. The topological polar surface area (TPSA) is 47.6 Å². The van der Waals surface area contributed by atoms with Gasteiger partial charge in [0.1, 0.15) is 5.54 Å². The molecule has 2 fully saturated rings. The zero-order valence-electron chi connectivity index (χ0n) is 11.5. The number of rotatable bonds is 9. The maximum absolute atomic E-state index is 11.8. The summed E-state index contributed by atoms with van der Waals surface area (Å²) < 4.78 is 10.5. The maximum Gasteiger partial charge on any atom is 0.325 e. The number of esters is 1. The van der Waals surface area contributed by atoms with Crippen LogP contribution in [0.25, 0.3) is 0 Å². The molecule has 0 aromatic heterocycles. The van der Waals surface area contributed by atoms with Gasteiger partial charge in [0.25, 0.3) is 0 Å². The van der Waals surface area contributed by atoms with E-state index < -0.39 is 5.54 Å². The Hall–Kier alpha value is -0.610. The highest BCUT2D eigenvalue weighted by atomic mass is 16.5. The molecule has 0 spiro atoms. The average molecular weight is 255 g/mol. The molecule has 0 saturated heterocycles. The van der Waals surface area contributed by atoms with Crippen molar-refractivity contribution in [1.29, 1.82) is 0 Å². The molecule has 0 aromatic carbocycles. The van der Waals surface area contributed by atoms with Crippen molar-refractivity contribution >= 4 is 5.97 Å². The minimum Gasteiger partial charge on any atom is -0.468 e. The van der Waals surface area contributed by atoms with Crippen LogP contribution in [0, 0.1) is 5.92 Å². The van der Waals surface area contributed by atoms with E-state index in [2.05, 4.69) is 5.32 Å². The predicted octanol–water partition coefficient (Wildman–Crippen LogP) is 1.88. The molecule has 104 valence electrons. The van der Waals surface area contributed by atoms with Crippen LogP contribution in [0.1, 0.15) is 45.4 Å². The molecule has 0 aliphatic heterocycles. The molecule has 18 heavy (non-hydrogen) atoms. The van der Waals surface area contributed by atoms with Crippen molar-refractivity contribution in [2.24, 2.45) is 5.92 Å². The highest BCUT2D eigenvalue weighted by Gasteiger charge is 2.39. The molecule has 4 heteroatoms. The molecular weight excluding hydrogens is 230 g/mol. The van der Waals surface area contributed by atoms with Crippen molar-refractivity contribution in [1.82, 2.24) is 5.32 Å². The summed E-state index contributed by atoms with van der Waals surface area (Å²) in [4.78, 5) is 11.8. The first-order valence-electron chi connectivity index (χ1n) is 7.08. The molecule has 0 aromatic rings. The lowest BCUT2D eigenvalue weighted by atomic mass is 9.98. The highest BCUT2D eigenvalue weighted by molar-refractivity contribution is 5.80. The lowest BCUT2D eigenvalue weighted by Gasteiger charge is -2.28. The third-order valence-corrected chi connectivity index (χ3v) is 3.85. The predicted molar refractivity (Wildman–Crippen MR) is 69.4 cm³/mol. The fourth-order valence-corrected chi connectivity index (χ4v) is 2.17. The van der Waals surface area contributed by atoms with E-state index in [0.29, 0.717) is 19.1 Å². The molecule has 1 N–H and O–H groups in total. The molecule has 0 radical (unpaired) electrons. The minimum absolute atomic E-state index is 0.180. The van der Waals surface area contributed by atoms with Crippen molar-refractivity contribution in [2.45, 2.75) is 57.0 Å². The molecule has 1 atom stereocenters. The maximum atomic E-state index is 11.8. The van der Waals surface area contributed by atoms with Crippen LogP contribution < -0.4 is 5.32 Å². The number of carbonyl (C=O) groups is 1. The van der Waals surface area contributed by atoms with Gasteiger partial charge in [-0.05, 0) is 38.5 Å². The van der Waals surface area contributed by atoms with E-state index in [4.69, 9.17) is 9.47 Å². The Kier molecular flexibility index (Phi) is 4.62. The Morgan fingerprint density at radius 1 is 1.28 bits per heavy atom. The van der Waals surface area contributed by atoms with E-state index in [9.17, 15) is 4.79 Å². The van der Waals surface area contributed by atoms with Crippen molar-refractivity contribution < 1.29 is 14.3 Å². The number of hydrogen-bond donors (Lipinski definition) is 1. The summed E-state index contributed by atoms with van der Waals surface area (Å²) >= 11 is 0. The molecule has 0 heterocycles. The van der Waals surface area contributed by atoms with Gasteiger partial charge in [0, 0.05) is 19.3 Å². The van der Waals surface area contributed by atoms with Gasteiger partial charge in [0.05, 0.1) is 7.11 Å². The van der Waals surface area contributed by atoms with Crippen molar-refractivity contribution in [3.63, 3.8) is 0 Å². The van der Waals surface area contributed by atoms with Crippen LogP contribution in [-0.2, 0) is 14.3 Å². The molecule has 4 nitrogen and oxygen atoms in total. The largest absolute Gasteiger partial charge is 0.468 e. The van der Waals surface area contributed by atoms with Gasteiger partial charge in [-0.3, -0.25) is 10.1 Å². The Morgan fingerprint density at radius 3 is 2.56 bits per heavy atom. The lowest BCUT2D eigenvalue weighted by molar-refractivity contribution is -0.149. The van der Waals surface area contributed by atoms with E-state index in [1.165, 1.54) is 26.4 Å². The first-order valence-corrected chi connectivity index (χ1v) is 7.08. The van der Waals surface area contributed by atoms with Crippen molar-refractivity contribution in [3.8, 4) is 0 Å². The van der Waals surface area contributed by atoms with E-state index >= 15 is 0 Å². The summed E-state index contributed by atoms with van der Waals surface area (Å²) in [5.74, 6) is 0.724. The molecule has 2 saturated carbocycles. The summed E-state index contributed by atoms with van der Waals surface area (Å²) in [6.45, 7) is 3.37. The van der Waals surface area contributed by atoms with Crippen LogP contribution in [0.4, 0.5) is 0 Å². The van der Waals surface area contributed by atoms with E-state index in [1.807, 2.05) is 6.92 Å². The highest BCUT2D eigenvalue weighted by Crippen LogP contribution is 2.32. The van der Waals surface area contributed by atoms with Gasteiger partial charge in [0.15, 0.2) is 0 Å². The molecule has 0 bridgehead atoms. The van der Waals surface area contributed by atoms with Gasteiger partial charge in [-0.1, -0.05) is 12.8 Å². The number of ether oxygens (including phenoxy) is 2. The number of nitrogens with one attached hydrogen (secondary N) is 1. The normalized spacial score (nSPS) is 22.6. The fourth-order valence-electron chi connectivity index (χ4n) is 2.17. The van der Waals surface area contributed by atoms with Gasteiger partial charge in [-0.15, -0.1) is 0 Å². The zero-order chi connectivity index (χ0) is 13.0. The second-order valence-corrected chi connectivity index (χ2v) is 5.84. The van der Waals surface area contributed by atoms with Crippen molar-refractivity contribution in [2.75, 3.05) is 20.3 Å². The van der Waals surface area contributed by atoms with E-state index in [-0.39, 0.29) is 5.97 Å². The molecule has 2 rings (SSSR count). The summed E-state index contributed by atoms with van der Waals surface area (Å²) in [5.41, 5.74) is -0.588. The van der Waals surface area contributed by atoms with Crippen LogP contribution in [0.3, 0.4) is 0 Å². The van der Waals surface area contributed by atoms with Gasteiger partial charge >= 0.3 is 5.97 Å². The second-order valence-electron chi connectivity index (χ2n) is 5.84. The SMILES string of the molecule is COC(=O)C(C)(CCOCCC1CC1)NC1CC1. The van der Waals surface area contributed by atoms with Crippen LogP contribution in [0.2, 0.25) is 0 Å². The van der Waals surface area contributed by atoms with Gasteiger partial charge < -0.3 is 9.47 Å². The lowest BCUT2D eigenvalue weighted by Crippen LogP contribution is -2.52. The summed E-state index contributed by atoms with van der Waals surface area (Å²) in [5, 5.41) is 3.38. The number of hydrogen-bond acceptors (Lipinski definition) is 4. The smallest absolute Gasteiger partial charge is 0.325 e. The quantitative estimate of drug-likeness (QED) is 0.505. The number of carbonyl (C=O) groups excluding carboxylic acids is 1. The second kappa shape index (κ2) is 6.02. The summed E-state index contributed by atoms with van der Waals surface area (Å²) in [7, 11) is 1.45. The molecule has 2 aliphatic carbocycles. The molecule has 2 aliphatic rings. The van der Waals surface area contributed by atoms with Gasteiger partial charge in [-0.25, -0.2) is 0 Å². The minimum atomic E-state index is -0.588. The third-order valence-electron chi connectivity index (χ3n) is 3.85. The van der Waals surface area contributed by atoms with Crippen LogP contribution in [-0.4, -0.2) is 37.9 Å². The average Bonchev–Trinajstić information content (AvgIpc) is 3.22.